The highest BCUT2D eigenvalue weighted by atomic mass is 35.5. The minimum Gasteiger partial charge on any atom is -0.394 e. The normalized spacial score (nSPS) is 24.0. The molecule has 1 aromatic rings. The van der Waals surface area contributed by atoms with E-state index in [1.54, 1.807) is 6.07 Å². The summed E-state index contributed by atoms with van der Waals surface area (Å²) in [6.45, 7) is 7.34. The molecule has 1 aromatic heterocycles. The molecule has 19 heavy (non-hydrogen) atoms. The second-order valence-electron chi connectivity index (χ2n) is 5.20. The average molecular weight is 286 g/mol. The Hall–Kier alpha value is -0.910. The maximum atomic E-state index is 9.23. The van der Waals surface area contributed by atoms with Crippen molar-refractivity contribution in [2.24, 2.45) is 0 Å². The molecule has 0 bridgehead atoms. The lowest BCUT2D eigenvalue weighted by Gasteiger charge is -2.38. The molecule has 0 radical (unpaired) electrons. The fourth-order valence-electron chi connectivity index (χ4n) is 2.08. The minimum atomic E-state index is -0.174. The highest BCUT2D eigenvalue weighted by Crippen LogP contribution is 2.24. The van der Waals surface area contributed by atoms with E-state index in [1.807, 2.05) is 13.8 Å². The van der Waals surface area contributed by atoms with Gasteiger partial charge in [0.1, 0.15) is 16.8 Å². The van der Waals surface area contributed by atoms with Crippen molar-refractivity contribution in [3.8, 4) is 0 Å². The summed E-state index contributed by atoms with van der Waals surface area (Å²) in [5.74, 6) is 1.77. The topological polar surface area (TPSA) is 58.5 Å². The number of halogens is 1. The summed E-state index contributed by atoms with van der Waals surface area (Å²) >= 11 is 6.07. The molecule has 0 aliphatic carbocycles. The molecule has 0 amide bonds. The Morgan fingerprint density at radius 1 is 1.53 bits per heavy atom. The quantitative estimate of drug-likeness (QED) is 0.859. The molecule has 1 N–H and O–H groups in total. The summed E-state index contributed by atoms with van der Waals surface area (Å²) in [4.78, 5) is 10.9. The average Bonchev–Trinajstić information content (AvgIpc) is 2.38. The molecule has 1 fully saturated rings. The first-order valence-corrected chi connectivity index (χ1v) is 6.92. The van der Waals surface area contributed by atoms with Gasteiger partial charge < -0.3 is 14.7 Å². The molecule has 2 rings (SSSR count). The Labute approximate surface area is 118 Å². The molecular weight excluding hydrogens is 266 g/mol. The third-order valence-electron chi connectivity index (χ3n) is 3.22. The van der Waals surface area contributed by atoms with Crippen molar-refractivity contribution in [1.82, 2.24) is 9.97 Å². The SMILES string of the molecule is CC(C)c1nc(Cl)cc(N2CC(CO)OCC2C)n1. The summed E-state index contributed by atoms with van der Waals surface area (Å²) in [6.07, 6.45) is -0.174. The number of hydrogen-bond acceptors (Lipinski definition) is 5. The van der Waals surface area contributed by atoms with Gasteiger partial charge in [0.25, 0.3) is 0 Å². The van der Waals surface area contributed by atoms with Gasteiger partial charge in [0.05, 0.1) is 25.4 Å². The van der Waals surface area contributed by atoms with E-state index >= 15 is 0 Å². The van der Waals surface area contributed by atoms with Crippen molar-refractivity contribution in [3.05, 3.63) is 17.0 Å². The Morgan fingerprint density at radius 2 is 2.26 bits per heavy atom. The molecule has 1 aliphatic heterocycles. The van der Waals surface area contributed by atoms with Gasteiger partial charge in [-0.1, -0.05) is 25.4 Å². The van der Waals surface area contributed by atoms with Crippen LogP contribution in [0.4, 0.5) is 5.82 Å². The van der Waals surface area contributed by atoms with Crippen molar-refractivity contribution in [3.63, 3.8) is 0 Å². The molecule has 2 atom stereocenters. The number of aliphatic hydroxyl groups is 1. The van der Waals surface area contributed by atoms with Gasteiger partial charge >= 0.3 is 0 Å². The zero-order valence-corrected chi connectivity index (χ0v) is 12.3. The van der Waals surface area contributed by atoms with E-state index in [1.165, 1.54) is 0 Å². The number of hydrogen-bond donors (Lipinski definition) is 1. The zero-order chi connectivity index (χ0) is 14.0. The Kier molecular flexibility index (Phi) is 4.60. The Balaban J connectivity index is 2.28. The highest BCUT2D eigenvalue weighted by molar-refractivity contribution is 6.29. The van der Waals surface area contributed by atoms with Crippen LogP contribution in [0.25, 0.3) is 0 Å². The molecular formula is C13H20ClN3O2. The first kappa shape index (κ1) is 14.5. The lowest BCUT2D eigenvalue weighted by atomic mass is 10.2. The van der Waals surface area contributed by atoms with Gasteiger partial charge in [-0.3, -0.25) is 0 Å². The number of nitrogens with zero attached hydrogens (tertiary/aromatic N) is 3. The van der Waals surface area contributed by atoms with E-state index in [0.29, 0.717) is 18.3 Å². The van der Waals surface area contributed by atoms with Gasteiger partial charge in [-0.2, -0.15) is 0 Å². The van der Waals surface area contributed by atoms with Gasteiger partial charge in [0.15, 0.2) is 0 Å². The van der Waals surface area contributed by atoms with Gasteiger partial charge in [-0.25, -0.2) is 9.97 Å². The number of aliphatic hydroxyl groups excluding tert-OH is 1. The third-order valence-corrected chi connectivity index (χ3v) is 3.41. The van der Waals surface area contributed by atoms with E-state index < -0.39 is 0 Å². The van der Waals surface area contributed by atoms with E-state index in [-0.39, 0.29) is 24.7 Å². The summed E-state index contributed by atoms with van der Waals surface area (Å²) in [5, 5.41) is 9.68. The van der Waals surface area contributed by atoms with Crippen LogP contribution in [0.5, 0.6) is 0 Å². The second kappa shape index (κ2) is 6.03. The van der Waals surface area contributed by atoms with Crippen LogP contribution < -0.4 is 4.90 Å². The summed E-state index contributed by atoms with van der Waals surface area (Å²) in [6, 6.07) is 1.97. The molecule has 1 aliphatic rings. The maximum Gasteiger partial charge on any atom is 0.135 e. The van der Waals surface area contributed by atoms with Crippen LogP contribution in [0.15, 0.2) is 6.07 Å². The predicted octanol–water partition coefficient (Wildman–Crippen LogP) is 1.84. The standard InChI is InChI=1S/C13H20ClN3O2/c1-8(2)13-15-11(14)4-12(16-13)17-5-10(6-18)19-7-9(17)3/h4,8-10,18H,5-7H2,1-3H3. The van der Waals surface area contributed by atoms with Gasteiger partial charge in [0, 0.05) is 18.5 Å². The van der Waals surface area contributed by atoms with Gasteiger partial charge in [0.2, 0.25) is 0 Å². The van der Waals surface area contributed by atoms with Crippen molar-refractivity contribution in [2.75, 3.05) is 24.7 Å². The lowest BCUT2D eigenvalue weighted by Crippen LogP contribution is -2.50. The minimum absolute atomic E-state index is 0.0130. The molecule has 1 saturated heterocycles. The van der Waals surface area contributed by atoms with Crippen LogP contribution in [-0.4, -0.2) is 47.0 Å². The number of morpholine rings is 1. The van der Waals surface area contributed by atoms with E-state index in [4.69, 9.17) is 16.3 Å². The molecule has 2 unspecified atom stereocenters. The monoisotopic (exact) mass is 285 g/mol. The summed E-state index contributed by atoms with van der Waals surface area (Å²) in [5.41, 5.74) is 0. The summed E-state index contributed by atoms with van der Waals surface area (Å²) in [7, 11) is 0. The number of aromatic nitrogens is 2. The largest absolute Gasteiger partial charge is 0.394 e. The Bertz CT molecular complexity index is 442. The van der Waals surface area contributed by atoms with Crippen LogP contribution in [0.3, 0.4) is 0 Å². The van der Waals surface area contributed by atoms with Gasteiger partial charge in [-0.15, -0.1) is 0 Å². The Morgan fingerprint density at radius 3 is 2.89 bits per heavy atom. The van der Waals surface area contributed by atoms with Crippen LogP contribution in [-0.2, 0) is 4.74 Å². The fourth-order valence-corrected chi connectivity index (χ4v) is 2.26. The van der Waals surface area contributed by atoms with Crippen molar-refractivity contribution < 1.29 is 9.84 Å². The highest BCUT2D eigenvalue weighted by Gasteiger charge is 2.27. The van der Waals surface area contributed by atoms with Crippen LogP contribution in [0, 0.1) is 0 Å². The fraction of sp³-hybridized carbons (Fsp3) is 0.692. The zero-order valence-electron chi connectivity index (χ0n) is 11.5. The van der Waals surface area contributed by atoms with Crippen LogP contribution in [0.1, 0.15) is 32.5 Å². The second-order valence-corrected chi connectivity index (χ2v) is 5.59. The van der Waals surface area contributed by atoms with Crippen molar-refractivity contribution in [2.45, 2.75) is 38.8 Å². The number of rotatable bonds is 3. The molecule has 0 spiro atoms. The number of ether oxygens (including phenoxy) is 1. The van der Waals surface area contributed by atoms with E-state index in [9.17, 15) is 5.11 Å². The molecule has 6 heteroatoms. The van der Waals surface area contributed by atoms with E-state index in [0.717, 1.165) is 11.6 Å². The van der Waals surface area contributed by atoms with Crippen molar-refractivity contribution >= 4 is 17.4 Å². The van der Waals surface area contributed by atoms with Crippen molar-refractivity contribution in [1.29, 1.82) is 0 Å². The lowest BCUT2D eigenvalue weighted by molar-refractivity contribution is -0.0105. The molecule has 2 heterocycles. The maximum absolute atomic E-state index is 9.23. The first-order valence-electron chi connectivity index (χ1n) is 6.54. The molecule has 0 aromatic carbocycles. The van der Waals surface area contributed by atoms with Crippen LogP contribution in [0.2, 0.25) is 5.15 Å². The molecule has 5 nitrogen and oxygen atoms in total. The third kappa shape index (κ3) is 3.35. The number of anilines is 1. The van der Waals surface area contributed by atoms with Crippen LogP contribution >= 0.6 is 11.6 Å². The summed E-state index contributed by atoms with van der Waals surface area (Å²) < 4.78 is 5.53. The van der Waals surface area contributed by atoms with E-state index in [2.05, 4.69) is 21.8 Å². The predicted molar refractivity (Wildman–Crippen MR) is 74.8 cm³/mol. The molecule has 106 valence electrons. The van der Waals surface area contributed by atoms with Gasteiger partial charge in [-0.05, 0) is 6.92 Å². The smallest absolute Gasteiger partial charge is 0.135 e. The molecule has 0 saturated carbocycles. The first-order chi connectivity index (χ1) is 9.01.